The molecule has 4 atom stereocenters. The average Bonchev–Trinajstić information content (AvgIpc) is 1.62. The Morgan fingerprint density at radius 3 is 0.698 bits per heavy atom. The van der Waals surface area contributed by atoms with Crippen molar-refractivity contribution in [3.05, 3.63) is 292 Å². The number of rotatable bonds is 11. The van der Waals surface area contributed by atoms with Gasteiger partial charge in [-0.25, -0.2) is 33.0 Å². The molecule has 0 amide bonds. The van der Waals surface area contributed by atoms with Gasteiger partial charge in [-0.05, 0) is 290 Å². The fourth-order valence-corrected chi connectivity index (χ4v) is 19.7. The standard InChI is InChI=1S/2C21H20ClN3O.C21H19F2N3O.2C20H18ClN3O/c2*1-12-6-20-16(8-19(12)23-3)18(17-10-24-9-13(2)21(17)22)11-25(20)14-4-5-15(26)7-14;1-11-4-19-15(7-18(11)24-3)17(10-26(19)13-5-14(27)6-13)16-9-25-8-12(2)20(16)21(22)23;2*1-11-4-19-15(7-18(11)22-3)17(10-24(19)13-5-14(25)6-13)16-9-23-8-12(2)20(16)21/h2*6,8-11,14-15,26H,4-5,7H2,1-2H3;4,7-10,13-14,21,27H,5-6H2,1-2H3;2*4,7-10,13-14,25H,5-6H2,1-2H3/t14-,15+;14-,15-;;;/m11.../s1. The summed E-state index contributed by atoms with van der Waals surface area (Å²) < 4.78 is 38.5. The van der Waals surface area contributed by atoms with Crippen molar-refractivity contribution in [2.75, 3.05) is 0 Å². The largest absolute Gasteiger partial charge is 0.393 e. The first kappa shape index (κ1) is 90.2. The first-order valence-corrected chi connectivity index (χ1v) is 44.6. The van der Waals surface area contributed by atoms with E-state index < -0.39 is 6.43 Å². The molecule has 20 rings (SSSR count). The number of hydrogen-bond acceptors (Lipinski definition) is 10. The van der Waals surface area contributed by atoms with Crippen molar-refractivity contribution in [3.63, 3.8) is 0 Å². The smallest absolute Gasteiger partial charge is 0.264 e. The van der Waals surface area contributed by atoms with Crippen LogP contribution in [0.15, 0.2) is 154 Å². The molecule has 0 aliphatic heterocycles. The number of benzene rings is 5. The van der Waals surface area contributed by atoms with Crippen LogP contribution in [0.5, 0.6) is 0 Å². The van der Waals surface area contributed by atoms with E-state index in [0.29, 0.717) is 78.1 Å². The molecule has 5 aliphatic rings. The number of alkyl halides is 2. The minimum atomic E-state index is -2.61. The Bertz CT molecular complexity index is 6860. The summed E-state index contributed by atoms with van der Waals surface area (Å²) in [6, 6.07) is 21.0. The van der Waals surface area contributed by atoms with Crippen molar-refractivity contribution in [1.29, 1.82) is 0 Å². The van der Waals surface area contributed by atoms with E-state index in [1.165, 1.54) is 12.4 Å². The second-order valence-corrected chi connectivity index (χ2v) is 36.7. The van der Waals surface area contributed by atoms with Crippen molar-refractivity contribution >= 4 is 129 Å². The summed E-state index contributed by atoms with van der Waals surface area (Å²) in [6.07, 6.45) is 32.9. The van der Waals surface area contributed by atoms with Crippen LogP contribution in [-0.2, 0) is 0 Å². The summed E-state index contributed by atoms with van der Waals surface area (Å²) in [4.78, 5) is 39.5. The highest BCUT2D eigenvalue weighted by atomic mass is 35.5. The topological polar surface area (TPSA) is 212 Å². The van der Waals surface area contributed by atoms with Gasteiger partial charge in [0.05, 0.1) is 83.5 Å². The summed E-state index contributed by atoms with van der Waals surface area (Å²) >= 11 is 26.2. The zero-order valence-corrected chi connectivity index (χ0v) is 76.0. The highest BCUT2D eigenvalue weighted by Crippen LogP contribution is 2.51. The monoisotopic (exact) mass is 1800 g/mol. The second kappa shape index (κ2) is 37.1. The summed E-state index contributed by atoms with van der Waals surface area (Å²) in [7, 11) is 0. The third-order valence-electron chi connectivity index (χ3n) is 26.4. The number of aliphatic hydroxyl groups excluding tert-OH is 5. The predicted octanol–water partition coefficient (Wildman–Crippen LogP) is 27.2. The Morgan fingerprint density at radius 1 is 0.279 bits per heavy atom. The molecule has 10 heterocycles. The molecule has 5 fully saturated rings. The Kier molecular flexibility index (Phi) is 25.9. The SMILES string of the molecule is [C-]#[N+]c1cc2c(-c3cncc(C)c3C(F)F)cn(C3CC(O)C3)c2cc1C.[C-]#[N+]c1cc2c(-c3cncc(C)c3Cl)cn(C3CC(O)C3)c2cc1C.[C-]#[N+]c1cc2c(-c3cncc(C)c3Cl)cn(C3CC(O)C3)c2cc1C.[C-]#[N+]c1cc2c(-c3cncc(C)c3Cl)cn([C@@H]3CC[C@@H](O)C3)c2cc1C.[C-]#[N+]c1cc2c(-c3cncc(C)c3Cl)cn([C@@H]3CC[C@H](O)C3)c2cc1C. The maximum atomic E-state index is 13.8. The van der Waals surface area contributed by atoms with Crippen LogP contribution in [0.25, 0.3) is 134 Å². The van der Waals surface area contributed by atoms with E-state index in [9.17, 15) is 34.3 Å². The first-order chi connectivity index (χ1) is 61.9. The molecule has 5 aromatic carbocycles. The first-order valence-electron chi connectivity index (χ1n) is 43.1. The molecule has 0 bridgehead atoms. The number of aromatic nitrogens is 10. The van der Waals surface area contributed by atoms with Gasteiger partial charge in [0.1, 0.15) is 0 Å². The molecule has 0 saturated heterocycles. The van der Waals surface area contributed by atoms with Crippen LogP contribution >= 0.6 is 46.4 Å². The van der Waals surface area contributed by atoms with Crippen molar-refractivity contribution in [1.82, 2.24) is 47.8 Å². The molecule has 15 aromatic rings. The van der Waals surface area contributed by atoms with Gasteiger partial charge in [0.25, 0.3) is 6.43 Å². The van der Waals surface area contributed by atoms with Crippen LogP contribution in [0.4, 0.5) is 37.2 Å². The maximum absolute atomic E-state index is 13.8. The molecule has 0 radical (unpaired) electrons. The lowest BCUT2D eigenvalue weighted by Crippen LogP contribution is -2.30. The van der Waals surface area contributed by atoms with E-state index in [-0.39, 0.29) is 66.3 Å². The van der Waals surface area contributed by atoms with Crippen LogP contribution in [0.3, 0.4) is 0 Å². The van der Waals surface area contributed by atoms with Gasteiger partial charge in [-0.2, -0.15) is 0 Å². The quantitative estimate of drug-likeness (QED) is 0.0773. The number of aliphatic hydroxyl groups is 5. The van der Waals surface area contributed by atoms with Gasteiger partial charge in [-0.1, -0.05) is 46.4 Å². The van der Waals surface area contributed by atoms with Crippen molar-refractivity contribution in [2.45, 2.75) is 213 Å². The molecule has 5 aliphatic carbocycles. The number of aryl methyl sites for hydroxylation is 10. The van der Waals surface area contributed by atoms with Crippen LogP contribution in [0.2, 0.25) is 20.1 Å². The number of fused-ring (bicyclic) bond motifs is 5. The summed E-state index contributed by atoms with van der Waals surface area (Å²) in [5.41, 5.74) is 25.7. The lowest BCUT2D eigenvalue weighted by atomic mass is 9.89. The zero-order chi connectivity index (χ0) is 91.6. The molecular weight excluding hydrogens is 1710 g/mol. The average molecular weight is 1800 g/mol. The maximum Gasteiger partial charge on any atom is 0.264 e. The molecular formula is C103H95Cl4F2N15O5. The fourth-order valence-electron chi connectivity index (χ4n) is 18.9. The minimum Gasteiger partial charge on any atom is -0.393 e. The third-order valence-corrected chi connectivity index (χ3v) is 28.4. The summed E-state index contributed by atoms with van der Waals surface area (Å²) in [5.74, 6) is 0. The highest BCUT2D eigenvalue weighted by Gasteiger charge is 2.36. The molecule has 20 nitrogen and oxygen atoms in total. The van der Waals surface area contributed by atoms with Crippen LogP contribution < -0.4 is 0 Å². The van der Waals surface area contributed by atoms with Gasteiger partial charge >= 0.3 is 0 Å². The molecule has 0 spiro atoms. The highest BCUT2D eigenvalue weighted by molar-refractivity contribution is 6.36. The zero-order valence-electron chi connectivity index (χ0n) is 73.0. The fraction of sp³-hybridized carbons (Fsp3) is 0.320. The Labute approximate surface area is 767 Å². The van der Waals surface area contributed by atoms with Gasteiger partial charge < -0.3 is 48.4 Å². The Balaban J connectivity index is 0.000000118. The Hall–Kier alpha value is -12.2. The van der Waals surface area contributed by atoms with E-state index in [1.54, 1.807) is 62.6 Å². The molecule has 26 heteroatoms. The van der Waals surface area contributed by atoms with Gasteiger partial charge in [0, 0.05) is 212 Å². The van der Waals surface area contributed by atoms with Crippen LogP contribution in [0, 0.1) is 102 Å². The minimum absolute atomic E-state index is 0.0253. The van der Waals surface area contributed by atoms with Crippen molar-refractivity contribution < 1.29 is 34.3 Å². The lowest BCUT2D eigenvalue weighted by molar-refractivity contribution is 0.0500. The third kappa shape index (κ3) is 17.4. The van der Waals surface area contributed by atoms with Crippen molar-refractivity contribution in [2.24, 2.45) is 0 Å². The number of halogens is 6. The number of hydrogen-bond donors (Lipinski definition) is 5. The molecule has 5 saturated carbocycles. The second-order valence-electron chi connectivity index (χ2n) is 35.2. The van der Waals surface area contributed by atoms with E-state index in [1.807, 2.05) is 98.8 Å². The van der Waals surface area contributed by atoms with Crippen LogP contribution in [0.1, 0.15) is 175 Å². The predicted molar refractivity (Wildman–Crippen MR) is 510 cm³/mol. The molecule has 129 heavy (non-hydrogen) atoms. The van der Waals surface area contributed by atoms with E-state index >= 15 is 0 Å². The van der Waals surface area contributed by atoms with Gasteiger partial charge in [-0.15, -0.1) is 0 Å². The van der Waals surface area contributed by atoms with E-state index in [4.69, 9.17) is 79.3 Å². The number of pyridine rings is 5. The Morgan fingerprint density at radius 2 is 0.488 bits per heavy atom. The molecule has 0 unspecified atom stereocenters. The van der Waals surface area contributed by atoms with Crippen molar-refractivity contribution in [3.8, 4) is 55.6 Å². The van der Waals surface area contributed by atoms with Crippen LogP contribution in [-0.4, -0.2) is 104 Å². The van der Waals surface area contributed by atoms with Gasteiger partial charge in [-0.3, -0.25) is 24.9 Å². The molecule has 654 valence electrons. The lowest BCUT2D eigenvalue weighted by Gasteiger charge is -2.33. The van der Waals surface area contributed by atoms with Gasteiger partial charge in [0.15, 0.2) is 28.4 Å². The summed E-state index contributed by atoms with van der Waals surface area (Å²) in [6.45, 7) is 56.3. The number of nitrogens with zero attached hydrogens (tertiary/aromatic N) is 15. The van der Waals surface area contributed by atoms with E-state index in [0.717, 1.165) is 213 Å². The normalized spacial score (nSPS) is 19.6. The molecule has 10 aromatic heterocycles. The van der Waals surface area contributed by atoms with E-state index in [2.05, 4.69) is 121 Å². The summed E-state index contributed by atoms with van der Waals surface area (Å²) in [5, 5.41) is 56.7. The molecule has 5 N–H and O–H groups in total. The van der Waals surface area contributed by atoms with Gasteiger partial charge in [0.2, 0.25) is 0 Å².